The standard InChI is InChI=1S/C12H10ClN3/c13-12-7-6-10(8-14-12)9-15-16-11-4-2-1-3-5-11/h1-9,16H/b15-9+. The summed E-state index contributed by atoms with van der Waals surface area (Å²) in [5.41, 5.74) is 4.76. The molecule has 1 aromatic carbocycles. The van der Waals surface area contributed by atoms with Crippen molar-refractivity contribution in [2.75, 3.05) is 5.43 Å². The second kappa shape index (κ2) is 5.28. The van der Waals surface area contributed by atoms with Crippen LogP contribution in [0.5, 0.6) is 0 Å². The minimum atomic E-state index is 0.480. The van der Waals surface area contributed by atoms with Crippen LogP contribution in [0.25, 0.3) is 0 Å². The lowest BCUT2D eigenvalue weighted by Crippen LogP contribution is -1.90. The average molecular weight is 232 g/mol. The van der Waals surface area contributed by atoms with Crippen molar-refractivity contribution in [3.8, 4) is 0 Å². The van der Waals surface area contributed by atoms with E-state index in [-0.39, 0.29) is 0 Å². The summed E-state index contributed by atoms with van der Waals surface area (Å²) >= 11 is 5.67. The van der Waals surface area contributed by atoms with Crippen molar-refractivity contribution in [1.29, 1.82) is 0 Å². The molecule has 0 amide bonds. The lowest BCUT2D eigenvalue weighted by Gasteiger charge is -1.98. The third kappa shape index (κ3) is 3.07. The normalized spacial score (nSPS) is 10.6. The number of nitrogens with one attached hydrogen (secondary N) is 1. The van der Waals surface area contributed by atoms with Gasteiger partial charge in [0.05, 0.1) is 11.9 Å². The molecule has 0 spiro atoms. The molecule has 1 aromatic heterocycles. The van der Waals surface area contributed by atoms with Crippen LogP contribution in [-0.4, -0.2) is 11.2 Å². The van der Waals surface area contributed by atoms with Crippen molar-refractivity contribution >= 4 is 23.5 Å². The number of halogens is 1. The number of benzene rings is 1. The molecule has 0 aliphatic heterocycles. The number of hydrogen-bond donors (Lipinski definition) is 1. The van der Waals surface area contributed by atoms with Crippen molar-refractivity contribution in [2.45, 2.75) is 0 Å². The quantitative estimate of drug-likeness (QED) is 0.501. The van der Waals surface area contributed by atoms with E-state index in [1.165, 1.54) is 0 Å². The molecule has 0 aliphatic carbocycles. The van der Waals surface area contributed by atoms with Gasteiger partial charge in [0, 0.05) is 11.8 Å². The number of nitrogens with zero attached hydrogens (tertiary/aromatic N) is 2. The van der Waals surface area contributed by atoms with Crippen LogP contribution in [0.2, 0.25) is 5.15 Å². The molecule has 80 valence electrons. The van der Waals surface area contributed by atoms with Gasteiger partial charge >= 0.3 is 0 Å². The fourth-order valence-corrected chi connectivity index (χ4v) is 1.27. The zero-order valence-electron chi connectivity index (χ0n) is 8.47. The smallest absolute Gasteiger partial charge is 0.129 e. The summed E-state index contributed by atoms with van der Waals surface area (Å²) in [7, 11) is 0. The number of para-hydroxylation sites is 1. The monoisotopic (exact) mass is 231 g/mol. The number of aromatic nitrogens is 1. The molecule has 1 N–H and O–H groups in total. The Morgan fingerprint density at radius 1 is 1.12 bits per heavy atom. The molecule has 0 saturated heterocycles. The van der Waals surface area contributed by atoms with Gasteiger partial charge < -0.3 is 0 Å². The summed E-state index contributed by atoms with van der Waals surface area (Å²) in [6.45, 7) is 0. The highest BCUT2D eigenvalue weighted by Gasteiger charge is 1.89. The first-order chi connectivity index (χ1) is 7.84. The van der Waals surface area contributed by atoms with Gasteiger partial charge in [-0.3, -0.25) is 5.43 Å². The van der Waals surface area contributed by atoms with E-state index in [4.69, 9.17) is 11.6 Å². The van der Waals surface area contributed by atoms with Gasteiger partial charge in [-0.2, -0.15) is 5.10 Å². The molecule has 4 heteroatoms. The van der Waals surface area contributed by atoms with Crippen LogP contribution in [0, 0.1) is 0 Å². The molecule has 16 heavy (non-hydrogen) atoms. The van der Waals surface area contributed by atoms with Crippen molar-refractivity contribution in [1.82, 2.24) is 4.98 Å². The van der Waals surface area contributed by atoms with Gasteiger partial charge in [-0.05, 0) is 24.3 Å². The third-order valence-electron chi connectivity index (χ3n) is 1.93. The highest BCUT2D eigenvalue weighted by atomic mass is 35.5. The van der Waals surface area contributed by atoms with E-state index in [0.29, 0.717) is 5.15 Å². The topological polar surface area (TPSA) is 37.3 Å². The minimum absolute atomic E-state index is 0.480. The predicted molar refractivity (Wildman–Crippen MR) is 66.9 cm³/mol. The zero-order valence-corrected chi connectivity index (χ0v) is 9.22. The Hall–Kier alpha value is -1.87. The molecule has 2 aromatic rings. The fraction of sp³-hybridized carbons (Fsp3) is 0. The van der Waals surface area contributed by atoms with Crippen LogP contribution in [-0.2, 0) is 0 Å². The van der Waals surface area contributed by atoms with Gasteiger partial charge in [0.1, 0.15) is 5.15 Å². The Labute approximate surface area is 98.8 Å². The Kier molecular flexibility index (Phi) is 3.51. The third-order valence-corrected chi connectivity index (χ3v) is 2.15. The van der Waals surface area contributed by atoms with Crippen molar-refractivity contribution in [3.63, 3.8) is 0 Å². The largest absolute Gasteiger partial charge is 0.279 e. The summed E-state index contributed by atoms with van der Waals surface area (Å²) in [4.78, 5) is 3.95. The van der Waals surface area contributed by atoms with E-state index >= 15 is 0 Å². The van der Waals surface area contributed by atoms with Gasteiger partial charge in [-0.1, -0.05) is 29.8 Å². The number of rotatable bonds is 3. The number of anilines is 1. The molecule has 1 heterocycles. The predicted octanol–water partition coefficient (Wildman–Crippen LogP) is 3.18. The van der Waals surface area contributed by atoms with Crippen LogP contribution in [0.4, 0.5) is 5.69 Å². The molecule has 0 radical (unpaired) electrons. The number of hydrazone groups is 1. The maximum Gasteiger partial charge on any atom is 0.129 e. The Morgan fingerprint density at radius 2 is 1.94 bits per heavy atom. The second-order valence-electron chi connectivity index (χ2n) is 3.15. The maximum absolute atomic E-state index is 5.67. The summed E-state index contributed by atoms with van der Waals surface area (Å²) < 4.78 is 0. The van der Waals surface area contributed by atoms with Crippen LogP contribution >= 0.6 is 11.6 Å². The molecule has 0 fully saturated rings. The lowest BCUT2D eigenvalue weighted by atomic mass is 10.3. The fourth-order valence-electron chi connectivity index (χ4n) is 1.16. The number of pyridine rings is 1. The van der Waals surface area contributed by atoms with E-state index in [0.717, 1.165) is 11.3 Å². The summed E-state index contributed by atoms with van der Waals surface area (Å²) in [5.74, 6) is 0. The van der Waals surface area contributed by atoms with E-state index in [9.17, 15) is 0 Å². The first-order valence-electron chi connectivity index (χ1n) is 4.80. The molecule has 0 saturated carbocycles. The maximum atomic E-state index is 5.67. The van der Waals surface area contributed by atoms with Crippen LogP contribution in [0.1, 0.15) is 5.56 Å². The Morgan fingerprint density at radius 3 is 2.62 bits per heavy atom. The van der Waals surface area contributed by atoms with Crippen LogP contribution < -0.4 is 5.43 Å². The van der Waals surface area contributed by atoms with Crippen LogP contribution in [0.15, 0.2) is 53.8 Å². The molecule has 0 bridgehead atoms. The average Bonchev–Trinajstić information content (AvgIpc) is 2.33. The van der Waals surface area contributed by atoms with Gasteiger partial charge in [0.25, 0.3) is 0 Å². The summed E-state index contributed by atoms with van der Waals surface area (Å²) in [6, 6.07) is 13.3. The second-order valence-corrected chi connectivity index (χ2v) is 3.54. The van der Waals surface area contributed by atoms with Crippen molar-refractivity contribution < 1.29 is 0 Å². The Bertz CT molecular complexity index is 465. The summed E-state index contributed by atoms with van der Waals surface area (Å²) in [6.07, 6.45) is 3.36. The van der Waals surface area contributed by atoms with Crippen molar-refractivity contribution in [3.05, 3.63) is 59.4 Å². The van der Waals surface area contributed by atoms with E-state index in [1.54, 1.807) is 18.5 Å². The van der Waals surface area contributed by atoms with Gasteiger partial charge in [-0.25, -0.2) is 4.98 Å². The molecule has 3 nitrogen and oxygen atoms in total. The minimum Gasteiger partial charge on any atom is -0.279 e. The molecule has 0 atom stereocenters. The van der Waals surface area contributed by atoms with Crippen LogP contribution in [0.3, 0.4) is 0 Å². The highest BCUT2D eigenvalue weighted by Crippen LogP contribution is 2.05. The van der Waals surface area contributed by atoms with E-state index in [2.05, 4.69) is 15.5 Å². The number of hydrogen-bond acceptors (Lipinski definition) is 3. The van der Waals surface area contributed by atoms with Gasteiger partial charge in [-0.15, -0.1) is 0 Å². The van der Waals surface area contributed by atoms with E-state index < -0.39 is 0 Å². The first kappa shape index (κ1) is 10.6. The summed E-state index contributed by atoms with van der Waals surface area (Å²) in [5, 5.41) is 4.56. The Balaban J connectivity index is 1.98. The highest BCUT2D eigenvalue weighted by molar-refractivity contribution is 6.29. The lowest BCUT2D eigenvalue weighted by molar-refractivity contribution is 1.30. The first-order valence-corrected chi connectivity index (χ1v) is 5.18. The molecular formula is C12H10ClN3. The molecule has 0 aliphatic rings. The van der Waals surface area contributed by atoms with Gasteiger partial charge in [0.15, 0.2) is 0 Å². The molecular weight excluding hydrogens is 222 g/mol. The molecule has 0 unspecified atom stereocenters. The molecule has 2 rings (SSSR count). The van der Waals surface area contributed by atoms with Gasteiger partial charge in [0.2, 0.25) is 0 Å². The zero-order chi connectivity index (χ0) is 11.2. The van der Waals surface area contributed by atoms with E-state index in [1.807, 2.05) is 36.4 Å². The van der Waals surface area contributed by atoms with Crippen molar-refractivity contribution in [2.24, 2.45) is 5.10 Å². The SMILES string of the molecule is Clc1ccc(/C=N/Nc2ccccc2)cn1.